The van der Waals surface area contributed by atoms with Gasteiger partial charge in [0, 0.05) is 37.0 Å². The number of aromatic nitrogens is 4. The van der Waals surface area contributed by atoms with Gasteiger partial charge in [-0.15, -0.1) is 0 Å². The quantitative estimate of drug-likeness (QED) is 0.235. The number of alkyl halides is 6. The van der Waals surface area contributed by atoms with Crippen LogP contribution in [0.4, 0.5) is 38.1 Å². The predicted octanol–water partition coefficient (Wildman–Crippen LogP) is 5.39. The second kappa shape index (κ2) is 11.5. The van der Waals surface area contributed by atoms with Crippen molar-refractivity contribution in [3.63, 3.8) is 0 Å². The zero-order valence-corrected chi connectivity index (χ0v) is 22.9. The number of rotatable bonds is 4. The van der Waals surface area contributed by atoms with Crippen LogP contribution in [0.1, 0.15) is 52.9 Å². The van der Waals surface area contributed by atoms with Crippen LogP contribution in [0.25, 0.3) is 16.9 Å². The molecule has 1 unspecified atom stereocenters. The van der Waals surface area contributed by atoms with E-state index in [9.17, 15) is 35.9 Å². The lowest BCUT2D eigenvalue weighted by Gasteiger charge is -2.30. The summed E-state index contributed by atoms with van der Waals surface area (Å²) in [5.74, 6) is 2.56. The SMILES string of the molecule is CC#CC(=O)N1CCCC(c2nc(-c3ccc(C(=O)Nc4cc(C(F)(F)F)ccn4)c(C(F)(F)F)c3)n3c(N)nccc23)C1. The monoisotopic (exact) mass is 615 g/mol. The number of likely N-dealkylation sites (tertiary alicyclic amines) is 1. The summed E-state index contributed by atoms with van der Waals surface area (Å²) in [4.78, 5) is 39.2. The van der Waals surface area contributed by atoms with Gasteiger partial charge < -0.3 is 16.0 Å². The van der Waals surface area contributed by atoms with E-state index in [2.05, 4.69) is 26.8 Å². The first kappa shape index (κ1) is 30.3. The van der Waals surface area contributed by atoms with E-state index in [0.29, 0.717) is 55.3 Å². The molecule has 1 aliphatic rings. The Hall–Kier alpha value is -5.13. The van der Waals surface area contributed by atoms with Crippen molar-refractivity contribution in [2.75, 3.05) is 24.1 Å². The molecule has 44 heavy (non-hydrogen) atoms. The molecule has 3 aromatic heterocycles. The van der Waals surface area contributed by atoms with Gasteiger partial charge >= 0.3 is 12.4 Å². The van der Waals surface area contributed by atoms with Crippen LogP contribution in [0.15, 0.2) is 48.8 Å². The Labute approximate surface area is 246 Å². The zero-order chi connectivity index (χ0) is 31.8. The second-order valence-electron chi connectivity index (χ2n) is 9.95. The highest BCUT2D eigenvalue weighted by molar-refractivity contribution is 6.05. The molecular weight excluding hydrogens is 592 g/mol. The molecule has 0 radical (unpaired) electrons. The lowest BCUT2D eigenvalue weighted by atomic mass is 9.94. The van der Waals surface area contributed by atoms with Crippen LogP contribution < -0.4 is 11.1 Å². The summed E-state index contributed by atoms with van der Waals surface area (Å²) in [6.45, 7) is 2.34. The van der Waals surface area contributed by atoms with Crippen molar-refractivity contribution in [1.82, 2.24) is 24.3 Å². The summed E-state index contributed by atoms with van der Waals surface area (Å²) < 4.78 is 83.4. The van der Waals surface area contributed by atoms with Gasteiger partial charge in [0.25, 0.3) is 11.8 Å². The Morgan fingerprint density at radius 3 is 2.48 bits per heavy atom. The maximum absolute atomic E-state index is 14.3. The van der Waals surface area contributed by atoms with E-state index in [-0.39, 0.29) is 29.2 Å². The summed E-state index contributed by atoms with van der Waals surface area (Å²) >= 11 is 0. The van der Waals surface area contributed by atoms with E-state index >= 15 is 0 Å². The summed E-state index contributed by atoms with van der Waals surface area (Å²) in [7, 11) is 0. The number of benzene rings is 1. The fraction of sp³-hybridized carbons (Fsp3) is 0.276. The first-order valence-electron chi connectivity index (χ1n) is 13.2. The lowest BCUT2D eigenvalue weighted by molar-refractivity contribution is -0.138. The van der Waals surface area contributed by atoms with Gasteiger partial charge in [-0.05, 0) is 56.0 Å². The molecule has 1 aromatic carbocycles. The molecular formula is C29H23F6N7O2. The van der Waals surface area contributed by atoms with Crippen LogP contribution >= 0.6 is 0 Å². The van der Waals surface area contributed by atoms with Gasteiger partial charge in [0.15, 0.2) is 0 Å². The highest BCUT2D eigenvalue weighted by atomic mass is 19.4. The van der Waals surface area contributed by atoms with Crippen molar-refractivity contribution in [3.8, 4) is 23.2 Å². The van der Waals surface area contributed by atoms with Crippen LogP contribution in [0, 0.1) is 11.8 Å². The van der Waals surface area contributed by atoms with Gasteiger partial charge in [0.1, 0.15) is 11.6 Å². The number of nitrogen functional groups attached to an aromatic ring is 1. The Bertz CT molecular complexity index is 1820. The number of hydrogen-bond donors (Lipinski definition) is 2. The number of nitrogens with two attached hydrogens (primary N) is 1. The molecule has 2 amide bonds. The molecule has 4 heterocycles. The van der Waals surface area contributed by atoms with Crippen LogP contribution in [-0.4, -0.2) is 49.2 Å². The number of halogens is 6. The van der Waals surface area contributed by atoms with E-state index in [4.69, 9.17) is 5.73 Å². The van der Waals surface area contributed by atoms with Gasteiger partial charge in [-0.2, -0.15) is 26.3 Å². The number of nitrogens with one attached hydrogen (secondary N) is 1. The highest BCUT2D eigenvalue weighted by Gasteiger charge is 2.37. The minimum atomic E-state index is -5.03. The first-order chi connectivity index (χ1) is 20.8. The predicted molar refractivity (Wildman–Crippen MR) is 147 cm³/mol. The Kier molecular flexibility index (Phi) is 7.94. The van der Waals surface area contributed by atoms with Gasteiger partial charge in [-0.1, -0.05) is 12.0 Å². The first-order valence-corrected chi connectivity index (χ1v) is 13.2. The average molecular weight is 616 g/mol. The van der Waals surface area contributed by atoms with Crippen molar-refractivity contribution >= 4 is 29.1 Å². The van der Waals surface area contributed by atoms with E-state index in [1.165, 1.54) is 16.7 Å². The number of hydrogen-bond acceptors (Lipinski definition) is 6. The zero-order valence-electron chi connectivity index (χ0n) is 22.9. The molecule has 0 aliphatic carbocycles. The molecule has 0 bridgehead atoms. The minimum absolute atomic E-state index is 0.0226. The van der Waals surface area contributed by atoms with Crippen molar-refractivity contribution in [3.05, 3.63) is 71.2 Å². The third-order valence-electron chi connectivity index (χ3n) is 7.09. The molecule has 15 heteroatoms. The number of nitrogens with zero attached hydrogens (tertiary/aromatic N) is 5. The third kappa shape index (κ3) is 6.01. The number of amides is 2. The number of fused-ring (bicyclic) bond motifs is 1. The van der Waals surface area contributed by atoms with Crippen LogP contribution in [-0.2, 0) is 17.1 Å². The van der Waals surface area contributed by atoms with E-state index < -0.39 is 40.8 Å². The fourth-order valence-electron chi connectivity index (χ4n) is 5.12. The normalized spacial score (nSPS) is 15.5. The smallest absolute Gasteiger partial charge is 0.369 e. The lowest BCUT2D eigenvalue weighted by Crippen LogP contribution is -2.38. The third-order valence-corrected chi connectivity index (χ3v) is 7.09. The van der Waals surface area contributed by atoms with Gasteiger partial charge in [0.05, 0.1) is 27.9 Å². The van der Waals surface area contributed by atoms with E-state index in [1.54, 1.807) is 17.9 Å². The molecule has 5 rings (SSSR count). The molecule has 1 atom stereocenters. The molecule has 228 valence electrons. The Balaban J connectivity index is 1.55. The van der Waals surface area contributed by atoms with Gasteiger partial charge in [-0.25, -0.2) is 15.0 Å². The van der Waals surface area contributed by atoms with E-state index in [0.717, 1.165) is 12.3 Å². The van der Waals surface area contributed by atoms with Crippen molar-refractivity contribution in [1.29, 1.82) is 0 Å². The molecule has 9 nitrogen and oxygen atoms in total. The van der Waals surface area contributed by atoms with Crippen molar-refractivity contribution in [2.45, 2.75) is 38.0 Å². The van der Waals surface area contributed by atoms with Crippen molar-refractivity contribution in [2.24, 2.45) is 0 Å². The standard InChI is InChI=1S/C29H23F6N7O2/c1-2-4-23(43)41-12-3-5-17(15-41)24-21-9-11-38-27(36)42(21)25(40-24)16-6-7-19(20(13-16)29(33,34)35)26(44)39-22-14-18(8-10-37-22)28(30,31)32/h6-11,13-14,17H,3,5,12,15H2,1H3,(H2,36,38)(H,37,39,44). The number of anilines is 2. The largest absolute Gasteiger partial charge is 0.417 e. The van der Waals surface area contributed by atoms with Gasteiger partial charge in [-0.3, -0.25) is 14.0 Å². The van der Waals surface area contributed by atoms with E-state index in [1.807, 2.05) is 5.32 Å². The molecule has 1 aliphatic heterocycles. The van der Waals surface area contributed by atoms with Crippen LogP contribution in [0.5, 0.6) is 0 Å². The number of imidazole rings is 1. The second-order valence-corrected chi connectivity index (χ2v) is 9.95. The molecule has 1 saturated heterocycles. The topological polar surface area (TPSA) is 119 Å². The number of piperidine rings is 1. The number of carbonyl (C=O) groups is 2. The number of pyridine rings is 1. The Morgan fingerprint density at radius 1 is 1.02 bits per heavy atom. The molecule has 3 N–H and O–H groups in total. The van der Waals surface area contributed by atoms with Crippen LogP contribution in [0.3, 0.4) is 0 Å². The number of carbonyl (C=O) groups excluding carboxylic acids is 2. The van der Waals surface area contributed by atoms with Crippen LogP contribution in [0.2, 0.25) is 0 Å². The van der Waals surface area contributed by atoms with Gasteiger partial charge in [0.2, 0.25) is 5.95 Å². The maximum atomic E-state index is 14.3. The average Bonchev–Trinajstić information content (AvgIpc) is 3.37. The summed E-state index contributed by atoms with van der Waals surface area (Å²) in [6.07, 6.45) is -6.27. The molecule has 0 spiro atoms. The molecule has 0 saturated carbocycles. The Morgan fingerprint density at radius 2 is 1.77 bits per heavy atom. The summed E-state index contributed by atoms with van der Waals surface area (Å²) in [6, 6.07) is 5.64. The fourth-order valence-corrected chi connectivity index (χ4v) is 5.12. The highest BCUT2D eigenvalue weighted by Crippen LogP contribution is 2.38. The minimum Gasteiger partial charge on any atom is -0.369 e. The van der Waals surface area contributed by atoms with Crippen molar-refractivity contribution < 1.29 is 35.9 Å². The molecule has 4 aromatic rings. The summed E-state index contributed by atoms with van der Waals surface area (Å²) in [5, 5.41) is 2.01. The maximum Gasteiger partial charge on any atom is 0.417 e. The summed E-state index contributed by atoms with van der Waals surface area (Å²) in [5.41, 5.74) is 3.75. The molecule has 1 fully saturated rings.